The standard InChI is InChI=1S/C8H6O3S/c1-9-5-2-3-6-7(4-5)11-8(12)10-6/h2-4H,1H3. The predicted molar refractivity (Wildman–Crippen MR) is 45.9 cm³/mol. The molecule has 3 nitrogen and oxygen atoms in total. The molecule has 0 spiro atoms. The fourth-order valence-electron chi connectivity index (χ4n) is 0.980. The molecule has 4 heteroatoms. The second kappa shape index (κ2) is 2.64. The average Bonchev–Trinajstić information content (AvgIpc) is 2.43. The number of methoxy groups -OCH3 is 1. The maximum atomic E-state index is 5.08. The molecule has 1 aromatic heterocycles. The van der Waals surface area contributed by atoms with Crippen LogP contribution in [0, 0.1) is 4.90 Å². The van der Waals surface area contributed by atoms with Gasteiger partial charge in [0.2, 0.25) is 0 Å². The molecule has 0 N–H and O–H groups in total. The maximum Gasteiger partial charge on any atom is 0.363 e. The normalized spacial score (nSPS) is 10.4. The Balaban J connectivity index is 2.74. The zero-order valence-corrected chi connectivity index (χ0v) is 7.18. The highest BCUT2D eigenvalue weighted by Crippen LogP contribution is 2.21. The van der Waals surface area contributed by atoms with Crippen molar-refractivity contribution in [1.82, 2.24) is 0 Å². The van der Waals surface area contributed by atoms with E-state index in [9.17, 15) is 0 Å². The lowest BCUT2D eigenvalue weighted by Gasteiger charge is -1.95. The third-order valence-electron chi connectivity index (χ3n) is 1.54. The first kappa shape index (κ1) is 7.36. The molecule has 0 atom stereocenters. The highest BCUT2D eigenvalue weighted by molar-refractivity contribution is 7.71. The zero-order valence-electron chi connectivity index (χ0n) is 6.37. The van der Waals surface area contributed by atoms with Gasteiger partial charge in [0.25, 0.3) is 0 Å². The Morgan fingerprint density at radius 2 is 2.00 bits per heavy atom. The van der Waals surface area contributed by atoms with E-state index in [4.69, 9.17) is 25.8 Å². The Hall–Kier alpha value is -1.29. The molecular formula is C8H6O3S. The molecule has 0 saturated heterocycles. The van der Waals surface area contributed by atoms with Crippen LogP contribution in [0.1, 0.15) is 0 Å². The van der Waals surface area contributed by atoms with Crippen molar-refractivity contribution in [3.05, 3.63) is 23.1 Å². The van der Waals surface area contributed by atoms with E-state index in [1.807, 2.05) is 0 Å². The quantitative estimate of drug-likeness (QED) is 0.635. The minimum Gasteiger partial charge on any atom is -0.497 e. The Labute approximate surface area is 73.5 Å². The van der Waals surface area contributed by atoms with Gasteiger partial charge in [0.1, 0.15) is 5.75 Å². The molecule has 0 unspecified atom stereocenters. The fraction of sp³-hybridized carbons (Fsp3) is 0.125. The van der Waals surface area contributed by atoms with Gasteiger partial charge in [0, 0.05) is 18.3 Å². The lowest BCUT2D eigenvalue weighted by molar-refractivity contribution is 0.414. The average molecular weight is 182 g/mol. The van der Waals surface area contributed by atoms with Gasteiger partial charge in [-0.1, -0.05) is 0 Å². The van der Waals surface area contributed by atoms with Crippen LogP contribution in [-0.2, 0) is 0 Å². The third kappa shape index (κ3) is 1.10. The summed E-state index contributed by atoms with van der Waals surface area (Å²) in [5.74, 6) is 0.724. The van der Waals surface area contributed by atoms with Crippen molar-refractivity contribution in [2.45, 2.75) is 0 Å². The number of rotatable bonds is 1. The largest absolute Gasteiger partial charge is 0.497 e. The van der Waals surface area contributed by atoms with Crippen LogP contribution in [0.3, 0.4) is 0 Å². The van der Waals surface area contributed by atoms with Gasteiger partial charge in [0.15, 0.2) is 11.2 Å². The topological polar surface area (TPSA) is 35.5 Å². The number of hydrogen-bond acceptors (Lipinski definition) is 4. The molecule has 0 bridgehead atoms. The van der Waals surface area contributed by atoms with Crippen LogP contribution in [0.2, 0.25) is 0 Å². The molecule has 0 aliphatic carbocycles. The molecule has 62 valence electrons. The summed E-state index contributed by atoms with van der Waals surface area (Å²) in [6.07, 6.45) is 0. The first-order valence-corrected chi connectivity index (χ1v) is 3.78. The molecule has 2 aromatic rings. The molecule has 0 aliphatic heterocycles. The number of ether oxygens (including phenoxy) is 1. The second-order valence-corrected chi connectivity index (χ2v) is 2.60. The Morgan fingerprint density at radius 1 is 1.25 bits per heavy atom. The predicted octanol–water partition coefficient (Wildman–Crippen LogP) is 2.76. The SMILES string of the molecule is COc1ccc2oc(=S)oc2c1. The van der Waals surface area contributed by atoms with E-state index in [-0.39, 0.29) is 4.90 Å². The van der Waals surface area contributed by atoms with Crippen molar-refractivity contribution in [2.75, 3.05) is 7.11 Å². The summed E-state index contributed by atoms with van der Waals surface area (Å²) >= 11 is 4.72. The van der Waals surface area contributed by atoms with Crippen LogP contribution >= 0.6 is 12.2 Å². The van der Waals surface area contributed by atoms with E-state index in [2.05, 4.69) is 0 Å². The van der Waals surface area contributed by atoms with Crippen molar-refractivity contribution < 1.29 is 13.6 Å². The van der Waals surface area contributed by atoms with Crippen LogP contribution in [0.25, 0.3) is 11.2 Å². The van der Waals surface area contributed by atoms with Gasteiger partial charge in [-0.3, -0.25) is 0 Å². The third-order valence-corrected chi connectivity index (χ3v) is 1.70. The summed E-state index contributed by atoms with van der Waals surface area (Å²) in [4.78, 5) is 0.137. The highest BCUT2D eigenvalue weighted by Gasteiger charge is 2.01. The summed E-state index contributed by atoms with van der Waals surface area (Å²) in [7, 11) is 1.59. The molecule has 2 rings (SSSR count). The first-order valence-electron chi connectivity index (χ1n) is 3.37. The van der Waals surface area contributed by atoms with Crippen LogP contribution < -0.4 is 4.74 Å². The minimum absolute atomic E-state index is 0.137. The van der Waals surface area contributed by atoms with Crippen LogP contribution in [0.15, 0.2) is 27.0 Å². The fourth-order valence-corrected chi connectivity index (χ4v) is 1.16. The monoisotopic (exact) mass is 182 g/mol. The highest BCUT2D eigenvalue weighted by atomic mass is 32.1. The van der Waals surface area contributed by atoms with Gasteiger partial charge in [-0.15, -0.1) is 0 Å². The maximum absolute atomic E-state index is 5.08. The second-order valence-electron chi connectivity index (χ2n) is 2.27. The van der Waals surface area contributed by atoms with Gasteiger partial charge < -0.3 is 13.6 Å². The summed E-state index contributed by atoms with van der Waals surface area (Å²) in [5.41, 5.74) is 1.25. The van der Waals surface area contributed by atoms with Crippen LogP contribution in [-0.4, -0.2) is 7.11 Å². The zero-order chi connectivity index (χ0) is 8.55. The molecule has 1 heterocycles. The molecule has 0 aliphatic rings. The molecule has 1 aromatic carbocycles. The van der Waals surface area contributed by atoms with Crippen molar-refractivity contribution in [2.24, 2.45) is 0 Å². The summed E-state index contributed by atoms with van der Waals surface area (Å²) in [5, 5.41) is 0. The van der Waals surface area contributed by atoms with Crippen molar-refractivity contribution >= 4 is 23.4 Å². The van der Waals surface area contributed by atoms with Gasteiger partial charge in [-0.2, -0.15) is 0 Å². The van der Waals surface area contributed by atoms with Crippen molar-refractivity contribution in [3.63, 3.8) is 0 Å². The number of fused-ring (bicyclic) bond motifs is 1. The molecule has 0 saturated carbocycles. The first-order chi connectivity index (χ1) is 5.79. The minimum atomic E-state index is 0.137. The van der Waals surface area contributed by atoms with Gasteiger partial charge in [-0.25, -0.2) is 0 Å². The molecule has 0 amide bonds. The number of hydrogen-bond donors (Lipinski definition) is 0. The van der Waals surface area contributed by atoms with Crippen LogP contribution in [0.5, 0.6) is 5.75 Å². The Bertz CT molecular complexity index is 455. The van der Waals surface area contributed by atoms with Gasteiger partial charge in [-0.05, 0) is 12.1 Å². The van der Waals surface area contributed by atoms with Crippen LogP contribution in [0.4, 0.5) is 0 Å². The summed E-state index contributed by atoms with van der Waals surface area (Å²) < 4.78 is 15.1. The summed E-state index contributed by atoms with van der Waals surface area (Å²) in [6.45, 7) is 0. The molecular weight excluding hydrogens is 176 g/mol. The molecule has 12 heavy (non-hydrogen) atoms. The van der Waals surface area contributed by atoms with E-state index < -0.39 is 0 Å². The smallest absolute Gasteiger partial charge is 0.363 e. The number of benzene rings is 1. The van der Waals surface area contributed by atoms with Crippen molar-refractivity contribution in [1.29, 1.82) is 0 Å². The van der Waals surface area contributed by atoms with E-state index in [0.717, 1.165) is 5.75 Å². The lowest BCUT2D eigenvalue weighted by Crippen LogP contribution is -1.79. The van der Waals surface area contributed by atoms with E-state index in [1.165, 1.54) is 0 Å². The van der Waals surface area contributed by atoms with Crippen molar-refractivity contribution in [3.8, 4) is 5.75 Å². The Morgan fingerprint density at radius 3 is 2.75 bits per heavy atom. The Kier molecular flexibility index (Phi) is 1.62. The van der Waals surface area contributed by atoms with Gasteiger partial charge >= 0.3 is 4.90 Å². The van der Waals surface area contributed by atoms with Gasteiger partial charge in [0.05, 0.1) is 7.11 Å². The van der Waals surface area contributed by atoms with E-state index in [0.29, 0.717) is 11.2 Å². The summed E-state index contributed by atoms with van der Waals surface area (Å²) in [6, 6.07) is 5.28. The lowest BCUT2D eigenvalue weighted by atomic mass is 10.3. The molecule has 0 fully saturated rings. The van der Waals surface area contributed by atoms with E-state index >= 15 is 0 Å². The molecule has 0 radical (unpaired) electrons. The van der Waals surface area contributed by atoms with E-state index in [1.54, 1.807) is 25.3 Å².